The van der Waals surface area contributed by atoms with Gasteiger partial charge in [-0.25, -0.2) is 15.0 Å². The summed E-state index contributed by atoms with van der Waals surface area (Å²) in [6.07, 6.45) is 5.08. The van der Waals surface area contributed by atoms with E-state index >= 15 is 0 Å². The summed E-state index contributed by atoms with van der Waals surface area (Å²) in [6, 6.07) is 7.56. The molecule has 0 spiro atoms. The highest BCUT2D eigenvalue weighted by Crippen LogP contribution is 2.25. The minimum absolute atomic E-state index is 0.553. The first kappa shape index (κ1) is 13.1. The molecule has 0 atom stereocenters. The molecular formula is C15H15N5O. The molecule has 0 radical (unpaired) electrons. The second kappa shape index (κ2) is 5.24. The number of benzene rings is 1. The monoisotopic (exact) mass is 281 g/mol. The number of nitrogen functional groups attached to an aromatic ring is 1. The molecule has 6 nitrogen and oxygen atoms in total. The Balaban J connectivity index is 2.13. The van der Waals surface area contributed by atoms with Crippen LogP contribution < -0.4 is 10.5 Å². The zero-order valence-corrected chi connectivity index (χ0v) is 11.8. The predicted molar refractivity (Wildman–Crippen MR) is 80.3 cm³/mol. The van der Waals surface area contributed by atoms with Gasteiger partial charge in [-0.3, -0.25) is 4.57 Å². The Morgan fingerprint density at radius 1 is 1.10 bits per heavy atom. The highest BCUT2D eigenvalue weighted by Gasteiger charge is 2.13. The number of imidazole rings is 1. The standard InChI is InChI=1S/C15H15N5O/c1-10-13(18-9-19-15(10)21-2)20-8-7-17-14(20)11-3-5-12(16)6-4-11/h3-9H,16H2,1-2H3. The first-order valence-electron chi connectivity index (χ1n) is 6.46. The topological polar surface area (TPSA) is 78.9 Å². The zero-order chi connectivity index (χ0) is 14.8. The summed E-state index contributed by atoms with van der Waals surface area (Å²) in [5.41, 5.74) is 8.27. The summed E-state index contributed by atoms with van der Waals surface area (Å²) in [6.45, 7) is 1.92. The maximum absolute atomic E-state index is 5.73. The molecule has 3 aromatic rings. The molecule has 1 aromatic carbocycles. The minimum Gasteiger partial charge on any atom is -0.481 e. The molecule has 0 bridgehead atoms. The molecule has 106 valence electrons. The van der Waals surface area contributed by atoms with Gasteiger partial charge < -0.3 is 10.5 Å². The summed E-state index contributed by atoms with van der Waals surface area (Å²) >= 11 is 0. The van der Waals surface area contributed by atoms with E-state index in [-0.39, 0.29) is 0 Å². The van der Waals surface area contributed by atoms with E-state index in [1.807, 2.05) is 42.0 Å². The van der Waals surface area contributed by atoms with Crippen molar-refractivity contribution in [3.8, 4) is 23.1 Å². The molecular weight excluding hydrogens is 266 g/mol. The number of nitrogens with zero attached hydrogens (tertiary/aromatic N) is 4. The van der Waals surface area contributed by atoms with Crippen molar-refractivity contribution >= 4 is 5.69 Å². The number of nitrogens with two attached hydrogens (primary N) is 1. The van der Waals surface area contributed by atoms with Crippen LogP contribution in [-0.2, 0) is 0 Å². The second-order valence-corrected chi connectivity index (χ2v) is 4.57. The maximum atomic E-state index is 5.73. The fourth-order valence-electron chi connectivity index (χ4n) is 2.19. The molecule has 0 aliphatic rings. The van der Waals surface area contributed by atoms with Gasteiger partial charge in [-0.2, -0.15) is 0 Å². The number of methoxy groups -OCH3 is 1. The van der Waals surface area contributed by atoms with E-state index in [4.69, 9.17) is 10.5 Å². The van der Waals surface area contributed by atoms with Crippen molar-refractivity contribution in [3.05, 3.63) is 48.5 Å². The van der Waals surface area contributed by atoms with Crippen LogP contribution in [-0.4, -0.2) is 26.6 Å². The smallest absolute Gasteiger partial charge is 0.221 e. The van der Waals surface area contributed by atoms with E-state index < -0.39 is 0 Å². The summed E-state index contributed by atoms with van der Waals surface area (Å²) in [5, 5.41) is 0. The Bertz CT molecular complexity index is 764. The highest BCUT2D eigenvalue weighted by molar-refractivity contribution is 5.61. The number of rotatable bonds is 3. The van der Waals surface area contributed by atoms with Gasteiger partial charge in [0.15, 0.2) is 0 Å². The highest BCUT2D eigenvalue weighted by atomic mass is 16.5. The van der Waals surface area contributed by atoms with Crippen LogP contribution in [0.1, 0.15) is 5.56 Å². The van der Waals surface area contributed by atoms with Crippen LogP contribution >= 0.6 is 0 Å². The van der Waals surface area contributed by atoms with Gasteiger partial charge in [0.1, 0.15) is 18.0 Å². The van der Waals surface area contributed by atoms with Crippen LogP contribution in [0, 0.1) is 6.92 Å². The van der Waals surface area contributed by atoms with Crippen LogP contribution in [0.5, 0.6) is 5.88 Å². The van der Waals surface area contributed by atoms with Gasteiger partial charge in [0.2, 0.25) is 5.88 Å². The lowest BCUT2D eigenvalue weighted by Gasteiger charge is -2.11. The third-order valence-electron chi connectivity index (χ3n) is 3.24. The van der Waals surface area contributed by atoms with Gasteiger partial charge in [-0.05, 0) is 31.2 Å². The largest absolute Gasteiger partial charge is 0.481 e. The van der Waals surface area contributed by atoms with Crippen LogP contribution in [0.2, 0.25) is 0 Å². The summed E-state index contributed by atoms with van der Waals surface area (Å²) < 4.78 is 7.15. The Kier molecular flexibility index (Phi) is 3.27. The number of hydrogen-bond acceptors (Lipinski definition) is 5. The molecule has 0 fully saturated rings. The van der Waals surface area contributed by atoms with E-state index in [9.17, 15) is 0 Å². The van der Waals surface area contributed by atoms with Crippen molar-refractivity contribution < 1.29 is 4.74 Å². The van der Waals surface area contributed by atoms with Gasteiger partial charge >= 0.3 is 0 Å². The van der Waals surface area contributed by atoms with Crippen LogP contribution in [0.3, 0.4) is 0 Å². The van der Waals surface area contributed by atoms with Crippen LogP contribution in [0.15, 0.2) is 43.0 Å². The van der Waals surface area contributed by atoms with Gasteiger partial charge in [-0.1, -0.05) is 0 Å². The molecule has 0 amide bonds. The zero-order valence-electron chi connectivity index (χ0n) is 11.8. The quantitative estimate of drug-likeness (QED) is 0.745. The number of ether oxygens (including phenoxy) is 1. The van der Waals surface area contributed by atoms with Crippen molar-refractivity contribution in [2.24, 2.45) is 0 Å². The summed E-state index contributed by atoms with van der Waals surface area (Å²) in [4.78, 5) is 12.8. The van der Waals surface area contributed by atoms with Crippen molar-refractivity contribution in [2.45, 2.75) is 6.92 Å². The van der Waals surface area contributed by atoms with E-state index in [0.29, 0.717) is 5.88 Å². The molecule has 2 aromatic heterocycles. The molecule has 6 heteroatoms. The van der Waals surface area contributed by atoms with Crippen molar-refractivity contribution in [3.63, 3.8) is 0 Å². The van der Waals surface area contributed by atoms with Crippen molar-refractivity contribution in [1.82, 2.24) is 19.5 Å². The fraction of sp³-hybridized carbons (Fsp3) is 0.133. The normalized spacial score (nSPS) is 10.6. The molecule has 0 unspecified atom stereocenters. The molecule has 2 heterocycles. The van der Waals surface area contributed by atoms with Crippen molar-refractivity contribution in [1.29, 1.82) is 0 Å². The third-order valence-corrected chi connectivity index (χ3v) is 3.24. The molecule has 0 aliphatic carbocycles. The number of hydrogen-bond donors (Lipinski definition) is 1. The Morgan fingerprint density at radius 3 is 2.57 bits per heavy atom. The Morgan fingerprint density at radius 2 is 1.86 bits per heavy atom. The van der Waals surface area contributed by atoms with Crippen LogP contribution in [0.25, 0.3) is 17.2 Å². The lowest BCUT2D eigenvalue weighted by molar-refractivity contribution is 0.393. The molecule has 2 N–H and O–H groups in total. The lowest BCUT2D eigenvalue weighted by atomic mass is 10.2. The molecule has 3 rings (SSSR count). The summed E-state index contributed by atoms with van der Waals surface area (Å²) in [7, 11) is 1.59. The minimum atomic E-state index is 0.553. The van der Waals surface area contributed by atoms with Crippen LogP contribution in [0.4, 0.5) is 5.69 Å². The maximum Gasteiger partial charge on any atom is 0.221 e. The van der Waals surface area contributed by atoms with E-state index in [0.717, 1.165) is 28.5 Å². The SMILES string of the molecule is COc1ncnc(-n2ccnc2-c2ccc(N)cc2)c1C. The van der Waals surface area contributed by atoms with Gasteiger partial charge in [0.25, 0.3) is 0 Å². The molecule has 0 aliphatic heterocycles. The third kappa shape index (κ3) is 2.31. The average Bonchev–Trinajstić information content (AvgIpc) is 2.97. The van der Waals surface area contributed by atoms with Gasteiger partial charge in [-0.15, -0.1) is 0 Å². The fourth-order valence-corrected chi connectivity index (χ4v) is 2.19. The molecule has 21 heavy (non-hydrogen) atoms. The molecule has 0 saturated heterocycles. The summed E-state index contributed by atoms with van der Waals surface area (Å²) in [5.74, 6) is 2.09. The first-order chi connectivity index (χ1) is 10.2. The van der Waals surface area contributed by atoms with Gasteiger partial charge in [0.05, 0.1) is 12.7 Å². The number of anilines is 1. The first-order valence-corrected chi connectivity index (χ1v) is 6.46. The van der Waals surface area contributed by atoms with Crippen molar-refractivity contribution in [2.75, 3.05) is 12.8 Å². The second-order valence-electron chi connectivity index (χ2n) is 4.57. The Labute approximate surface area is 122 Å². The van der Waals surface area contributed by atoms with Gasteiger partial charge in [0, 0.05) is 23.6 Å². The van der Waals surface area contributed by atoms with E-state index in [1.54, 1.807) is 13.3 Å². The van der Waals surface area contributed by atoms with E-state index in [1.165, 1.54) is 6.33 Å². The average molecular weight is 281 g/mol. The lowest BCUT2D eigenvalue weighted by Crippen LogP contribution is -2.04. The van der Waals surface area contributed by atoms with E-state index in [2.05, 4.69) is 15.0 Å². The predicted octanol–water partition coefficient (Wildman–Crippen LogP) is 2.23. The Hall–Kier alpha value is -2.89. The number of aromatic nitrogens is 4. The molecule has 0 saturated carbocycles.